The highest BCUT2D eigenvalue weighted by Crippen LogP contribution is 2.31. The Morgan fingerprint density at radius 1 is 1.09 bits per heavy atom. The Labute approximate surface area is 132 Å². The number of hydrogen-bond acceptors (Lipinski definition) is 4. The van der Waals surface area contributed by atoms with E-state index in [1.807, 2.05) is 0 Å². The van der Waals surface area contributed by atoms with Gasteiger partial charge < -0.3 is 5.32 Å². The van der Waals surface area contributed by atoms with Crippen LogP contribution in [0.1, 0.15) is 33.7 Å². The summed E-state index contributed by atoms with van der Waals surface area (Å²) >= 11 is 0. The number of fused-ring (bicyclic) bond motifs is 1. The molecule has 0 saturated heterocycles. The van der Waals surface area contributed by atoms with Gasteiger partial charge in [0.05, 0.1) is 11.3 Å². The standard InChI is InChI=1S/C17H13N3O3/c21-15(10-3-4-10)19-11-5-7-12(8-6-11)20-16(22)13-2-1-9-18-14(13)17(20)23/h1-2,5-10H,3-4H2,(H,19,21). The highest BCUT2D eigenvalue weighted by atomic mass is 16.2. The van der Waals surface area contributed by atoms with Crippen molar-refractivity contribution in [2.24, 2.45) is 5.92 Å². The Bertz CT molecular complexity index is 790. The first-order valence-electron chi connectivity index (χ1n) is 7.40. The van der Waals surface area contributed by atoms with E-state index in [1.54, 1.807) is 36.4 Å². The topological polar surface area (TPSA) is 79.4 Å². The molecular weight excluding hydrogens is 294 g/mol. The molecule has 1 aromatic heterocycles. The molecule has 3 amide bonds. The van der Waals surface area contributed by atoms with Crippen molar-refractivity contribution in [3.63, 3.8) is 0 Å². The summed E-state index contributed by atoms with van der Waals surface area (Å²) in [7, 11) is 0. The number of carbonyl (C=O) groups excluding carboxylic acids is 3. The van der Waals surface area contributed by atoms with Crippen LogP contribution in [0.25, 0.3) is 0 Å². The molecule has 1 aliphatic heterocycles. The number of anilines is 2. The molecule has 0 radical (unpaired) electrons. The minimum Gasteiger partial charge on any atom is -0.326 e. The van der Waals surface area contributed by atoms with Crippen molar-refractivity contribution in [1.82, 2.24) is 4.98 Å². The minimum absolute atomic E-state index is 0.0164. The Kier molecular flexibility index (Phi) is 2.97. The van der Waals surface area contributed by atoms with Crippen LogP contribution < -0.4 is 10.2 Å². The van der Waals surface area contributed by atoms with Crippen LogP contribution in [0.2, 0.25) is 0 Å². The first-order valence-corrected chi connectivity index (χ1v) is 7.40. The van der Waals surface area contributed by atoms with Crippen LogP contribution in [0.3, 0.4) is 0 Å². The molecule has 23 heavy (non-hydrogen) atoms. The molecule has 0 atom stereocenters. The van der Waals surface area contributed by atoms with Crippen LogP contribution in [-0.2, 0) is 4.79 Å². The molecule has 1 saturated carbocycles. The Hall–Kier alpha value is -3.02. The first kappa shape index (κ1) is 13.6. The van der Waals surface area contributed by atoms with Gasteiger partial charge in [-0.05, 0) is 49.2 Å². The molecule has 1 aliphatic carbocycles. The fraction of sp³-hybridized carbons (Fsp3) is 0.176. The lowest BCUT2D eigenvalue weighted by atomic mass is 10.2. The predicted octanol–water partition coefficient (Wildman–Crippen LogP) is 2.23. The summed E-state index contributed by atoms with van der Waals surface area (Å²) in [6.45, 7) is 0. The number of nitrogens with one attached hydrogen (secondary N) is 1. The summed E-state index contributed by atoms with van der Waals surface area (Å²) in [6.07, 6.45) is 3.36. The van der Waals surface area contributed by atoms with Crippen LogP contribution in [0.4, 0.5) is 11.4 Å². The van der Waals surface area contributed by atoms with Crippen molar-refractivity contribution in [2.45, 2.75) is 12.8 Å². The maximum Gasteiger partial charge on any atom is 0.284 e. The number of carbonyl (C=O) groups is 3. The molecular formula is C17H13N3O3. The molecule has 0 unspecified atom stereocenters. The summed E-state index contributed by atoms with van der Waals surface area (Å²) in [6, 6.07) is 9.88. The molecule has 2 aromatic rings. The lowest BCUT2D eigenvalue weighted by Gasteiger charge is -2.14. The fourth-order valence-corrected chi connectivity index (χ4v) is 2.59. The average Bonchev–Trinajstić information content (AvgIpc) is 3.38. The van der Waals surface area contributed by atoms with E-state index in [0.29, 0.717) is 16.9 Å². The van der Waals surface area contributed by atoms with E-state index in [0.717, 1.165) is 17.7 Å². The van der Waals surface area contributed by atoms with Gasteiger partial charge in [-0.2, -0.15) is 0 Å². The summed E-state index contributed by atoms with van der Waals surface area (Å²) < 4.78 is 0. The van der Waals surface area contributed by atoms with Gasteiger partial charge >= 0.3 is 0 Å². The van der Waals surface area contributed by atoms with Gasteiger partial charge in [0.2, 0.25) is 5.91 Å². The average molecular weight is 307 g/mol. The van der Waals surface area contributed by atoms with Gasteiger partial charge in [-0.3, -0.25) is 19.4 Å². The van der Waals surface area contributed by atoms with Gasteiger partial charge in [0.15, 0.2) is 0 Å². The van der Waals surface area contributed by atoms with E-state index >= 15 is 0 Å². The predicted molar refractivity (Wildman–Crippen MR) is 83.2 cm³/mol. The van der Waals surface area contributed by atoms with Crippen LogP contribution in [-0.4, -0.2) is 22.7 Å². The van der Waals surface area contributed by atoms with Crippen molar-refractivity contribution in [3.05, 3.63) is 53.9 Å². The molecule has 1 fully saturated rings. The third-order valence-corrected chi connectivity index (χ3v) is 3.99. The molecule has 114 valence electrons. The van der Waals surface area contributed by atoms with Crippen molar-refractivity contribution < 1.29 is 14.4 Å². The number of nitrogens with zero attached hydrogens (tertiary/aromatic N) is 2. The van der Waals surface area contributed by atoms with E-state index in [-0.39, 0.29) is 23.4 Å². The molecule has 1 aromatic carbocycles. The lowest BCUT2D eigenvalue weighted by Crippen LogP contribution is -2.29. The van der Waals surface area contributed by atoms with Gasteiger partial charge in [-0.1, -0.05) is 0 Å². The van der Waals surface area contributed by atoms with Gasteiger partial charge in [0.1, 0.15) is 5.69 Å². The number of pyridine rings is 1. The summed E-state index contributed by atoms with van der Waals surface area (Å²) in [5, 5.41) is 2.82. The summed E-state index contributed by atoms with van der Waals surface area (Å²) in [5.74, 6) is -0.673. The Morgan fingerprint density at radius 2 is 1.83 bits per heavy atom. The van der Waals surface area contributed by atoms with E-state index in [2.05, 4.69) is 10.3 Å². The molecule has 6 nitrogen and oxygen atoms in total. The largest absolute Gasteiger partial charge is 0.326 e. The number of amides is 3. The van der Waals surface area contributed by atoms with Gasteiger partial charge in [-0.15, -0.1) is 0 Å². The van der Waals surface area contributed by atoms with Gasteiger partial charge in [0.25, 0.3) is 11.8 Å². The minimum atomic E-state index is -0.430. The third-order valence-electron chi connectivity index (χ3n) is 3.99. The SMILES string of the molecule is O=C(Nc1ccc(N2C(=O)c3cccnc3C2=O)cc1)C1CC1. The third kappa shape index (κ3) is 2.28. The molecule has 0 bridgehead atoms. The zero-order valence-corrected chi connectivity index (χ0v) is 12.2. The van der Waals surface area contributed by atoms with E-state index in [4.69, 9.17) is 0 Å². The number of rotatable bonds is 3. The fourth-order valence-electron chi connectivity index (χ4n) is 2.59. The van der Waals surface area contributed by atoms with Crippen molar-refractivity contribution in [1.29, 1.82) is 0 Å². The van der Waals surface area contributed by atoms with Crippen LogP contribution >= 0.6 is 0 Å². The number of aromatic nitrogens is 1. The Morgan fingerprint density at radius 3 is 2.48 bits per heavy atom. The van der Waals surface area contributed by atoms with Crippen LogP contribution in [0.5, 0.6) is 0 Å². The molecule has 6 heteroatoms. The van der Waals surface area contributed by atoms with E-state index in [1.165, 1.54) is 6.20 Å². The highest BCUT2D eigenvalue weighted by molar-refractivity contribution is 6.33. The van der Waals surface area contributed by atoms with Crippen LogP contribution in [0, 0.1) is 5.92 Å². The molecule has 2 heterocycles. The van der Waals surface area contributed by atoms with Crippen molar-refractivity contribution >= 4 is 29.1 Å². The lowest BCUT2D eigenvalue weighted by molar-refractivity contribution is -0.117. The van der Waals surface area contributed by atoms with E-state index in [9.17, 15) is 14.4 Å². The number of benzene rings is 1. The zero-order valence-electron chi connectivity index (χ0n) is 12.2. The normalized spacial score (nSPS) is 16.4. The summed E-state index contributed by atoms with van der Waals surface area (Å²) in [5.41, 5.74) is 1.59. The quantitative estimate of drug-likeness (QED) is 0.882. The second-order valence-electron chi connectivity index (χ2n) is 5.66. The number of imide groups is 1. The smallest absolute Gasteiger partial charge is 0.284 e. The Balaban J connectivity index is 1.58. The molecule has 1 N–H and O–H groups in total. The maximum atomic E-state index is 12.4. The molecule has 4 rings (SSSR count). The highest BCUT2D eigenvalue weighted by Gasteiger charge is 2.37. The second kappa shape index (κ2) is 5.01. The summed E-state index contributed by atoms with van der Waals surface area (Å²) in [4.78, 5) is 41.5. The van der Waals surface area contributed by atoms with Crippen molar-refractivity contribution in [2.75, 3.05) is 10.2 Å². The van der Waals surface area contributed by atoms with E-state index < -0.39 is 5.91 Å². The number of hydrogen-bond donors (Lipinski definition) is 1. The zero-order chi connectivity index (χ0) is 16.0. The molecule has 0 spiro atoms. The monoisotopic (exact) mass is 307 g/mol. The molecule has 2 aliphatic rings. The second-order valence-corrected chi connectivity index (χ2v) is 5.66. The van der Waals surface area contributed by atoms with Crippen molar-refractivity contribution in [3.8, 4) is 0 Å². The maximum absolute atomic E-state index is 12.4. The van der Waals surface area contributed by atoms with Gasteiger partial charge in [0, 0.05) is 17.8 Å². The van der Waals surface area contributed by atoms with Crippen LogP contribution in [0.15, 0.2) is 42.6 Å². The van der Waals surface area contributed by atoms with Gasteiger partial charge in [-0.25, -0.2) is 4.90 Å². The first-order chi connectivity index (χ1) is 11.1.